The Bertz CT molecular complexity index is 1380. The Balaban J connectivity index is 1.28. The third-order valence-electron chi connectivity index (χ3n) is 8.59. The Morgan fingerprint density at radius 2 is 1.89 bits per heavy atom. The van der Waals surface area contributed by atoms with Crippen LogP contribution in [-0.2, 0) is 23.2 Å². The van der Waals surface area contributed by atoms with Crippen LogP contribution in [-0.4, -0.2) is 34.6 Å². The van der Waals surface area contributed by atoms with E-state index in [0.29, 0.717) is 43.0 Å². The van der Waals surface area contributed by atoms with Gasteiger partial charge in [0.1, 0.15) is 17.9 Å². The summed E-state index contributed by atoms with van der Waals surface area (Å²) in [5, 5.41) is 11.7. The zero-order valence-electron chi connectivity index (χ0n) is 23.0. The van der Waals surface area contributed by atoms with Gasteiger partial charge in [0.05, 0.1) is 17.6 Å². The van der Waals surface area contributed by atoms with Crippen LogP contribution in [0, 0.1) is 12.8 Å². The molecule has 1 aliphatic carbocycles. The van der Waals surface area contributed by atoms with E-state index in [1.165, 1.54) is 5.56 Å². The second-order valence-corrected chi connectivity index (χ2v) is 12.2. The van der Waals surface area contributed by atoms with Crippen LogP contribution >= 0.6 is 0 Å². The molecule has 38 heavy (non-hydrogen) atoms. The molecule has 1 aliphatic heterocycles. The first kappa shape index (κ1) is 26.5. The normalized spacial score (nSPS) is 21.8. The second-order valence-electron chi connectivity index (χ2n) is 12.2. The summed E-state index contributed by atoms with van der Waals surface area (Å²) in [7, 11) is 0. The number of piperidine rings is 1. The van der Waals surface area contributed by atoms with E-state index < -0.39 is 11.2 Å². The van der Waals surface area contributed by atoms with Gasteiger partial charge < -0.3 is 19.2 Å². The number of ether oxygens (including phenoxy) is 1. The fourth-order valence-electron chi connectivity index (χ4n) is 6.00. The molecule has 1 N–H and O–H groups in total. The number of hydrogen-bond donors (Lipinski definition) is 1. The van der Waals surface area contributed by atoms with Gasteiger partial charge in [-0.25, -0.2) is 4.79 Å². The van der Waals surface area contributed by atoms with Gasteiger partial charge in [0.2, 0.25) is 5.91 Å². The van der Waals surface area contributed by atoms with Gasteiger partial charge in [0, 0.05) is 30.5 Å². The van der Waals surface area contributed by atoms with Crippen LogP contribution in [0.3, 0.4) is 0 Å². The largest absolute Gasteiger partial charge is 0.489 e. The van der Waals surface area contributed by atoms with E-state index in [1.54, 1.807) is 6.07 Å². The molecule has 0 bridgehead atoms. The van der Waals surface area contributed by atoms with Crippen LogP contribution in [0.5, 0.6) is 5.75 Å². The van der Waals surface area contributed by atoms with Crippen molar-refractivity contribution in [2.75, 3.05) is 13.1 Å². The van der Waals surface area contributed by atoms with Crippen LogP contribution in [0.4, 0.5) is 0 Å². The van der Waals surface area contributed by atoms with Crippen molar-refractivity contribution in [3.63, 3.8) is 0 Å². The number of aryl methyl sites for hydroxylation is 1. The molecule has 0 unspecified atom stereocenters. The molecular weight excluding hydrogens is 478 g/mol. The highest BCUT2D eigenvalue weighted by Gasteiger charge is 2.43. The third-order valence-corrected chi connectivity index (χ3v) is 8.59. The lowest BCUT2D eigenvalue weighted by molar-refractivity contribution is -0.142. The number of fused-ring (bicyclic) bond motifs is 2. The van der Waals surface area contributed by atoms with Gasteiger partial charge in [-0.1, -0.05) is 57.9 Å². The highest BCUT2D eigenvalue weighted by molar-refractivity contribution is 5.85. The molecule has 5 rings (SSSR count). The van der Waals surface area contributed by atoms with Gasteiger partial charge in [0.15, 0.2) is 0 Å². The van der Waals surface area contributed by atoms with Crippen molar-refractivity contribution in [2.24, 2.45) is 5.92 Å². The molecule has 1 saturated heterocycles. The summed E-state index contributed by atoms with van der Waals surface area (Å²) in [5.41, 5.74) is 2.94. The summed E-state index contributed by atoms with van der Waals surface area (Å²) in [4.78, 5) is 27.9. The van der Waals surface area contributed by atoms with E-state index in [9.17, 15) is 14.7 Å². The second kappa shape index (κ2) is 10.2. The lowest BCUT2D eigenvalue weighted by Crippen LogP contribution is -2.55. The molecular formula is C32H39NO5. The van der Waals surface area contributed by atoms with E-state index >= 15 is 0 Å². The van der Waals surface area contributed by atoms with Crippen molar-refractivity contribution in [3.05, 3.63) is 75.1 Å². The first-order valence-corrected chi connectivity index (χ1v) is 13.8. The Morgan fingerprint density at radius 3 is 2.63 bits per heavy atom. The number of carbonyl (C=O) groups excluding carboxylic acids is 1. The number of aliphatic hydroxyl groups is 1. The molecule has 2 aliphatic rings. The predicted molar refractivity (Wildman–Crippen MR) is 149 cm³/mol. The summed E-state index contributed by atoms with van der Waals surface area (Å²) in [6.07, 6.45) is 4.54. The van der Waals surface area contributed by atoms with E-state index in [-0.39, 0.29) is 23.7 Å². The summed E-state index contributed by atoms with van der Waals surface area (Å²) >= 11 is 0. The summed E-state index contributed by atoms with van der Waals surface area (Å²) < 4.78 is 11.7. The molecule has 2 atom stereocenters. The molecule has 2 aromatic carbocycles. The Hall–Kier alpha value is -3.12. The minimum atomic E-state index is -0.636. The number of rotatable bonds is 5. The van der Waals surface area contributed by atoms with Crippen LogP contribution in [0.2, 0.25) is 0 Å². The quantitative estimate of drug-likeness (QED) is 0.441. The Labute approximate surface area is 224 Å². The average molecular weight is 518 g/mol. The lowest BCUT2D eigenvalue weighted by Gasteiger charge is -2.47. The smallest absolute Gasteiger partial charge is 0.340 e. The van der Waals surface area contributed by atoms with Crippen molar-refractivity contribution in [2.45, 2.75) is 83.8 Å². The standard InChI is InChI=1S/C32H39NO5/c1-21-26-13-12-25(37-20-22-8-10-23(11-9-22)31(2,3)4)17-28(26)38-30(35)27(21)18-29(34)33-16-15-32(36)14-6-5-7-24(32)19-33/h8-13,17,24,36H,5-7,14-16,18-20H2,1-4H3/t24-,32-/m0/s1. The highest BCUT2D eigenvalue weighted by Crippen LogP contribution is 2.40. The average Bonchev–Trinajstić information content (AvgIpc) is 2.88. The maximum atomic E-state index is 13.2. The number of hydrogen-bond acceptors (Lipinski definition) is 5. The molecule has 202 valence electrons. The number of likely N-dealkylation sites (tertiary alicyclic amines) is 1. The SMILES string of the molecule is Cc1c(CC(=O)N2CC[C@@]3(O)CCCC[C@H]3C2)c(=O)oc2cc(OCc3ccc(C(C)(C)C)cc3)ccc12. The van der Waals surface area contributed by atoms with Crippen LogP contribution in [0.15, 0.2) is 51.7 Å². The first-order chi connectivity index (χ1) is 18.0. The fourth-order valence-corrected chi connectivity index (χ4v) is 6.00. The molecule has 2 fully saturated rings. The van der Waals surface area contributed by atoms with Crippen molar-refractivity contribution in [1.82, 2.24) is 4.90 Å². The Kier molecular flexibility index (Phi) is 7.12. The molecule has 0 radical (unpaired) electrons. The van der Waals surface area contributed by atoms with Gasteiger partial charge in [0.25, 0.3) is 0 Å². The fraction of sp³-hybridized carbons (Fsp3) is 0.500. The molecule has 2 heterocycles. The molecule has 3 aromatic rings. The van der Waals surface area contributed by atoms with Crippen molar-refractivity contribution in [1.29, 1.82) is 0 Å². The molecule has 6 heteroatoms. The van der Waals surface area contributed by atoms with Gasteiger partial charge in [-0.3, -0.25) is 4.79 Å². The number of benzene rings is 2. The summed E-state index contributed by atoms with van der Waals surface area (Å²) in [6.45, 7) is 9.95. The maximum Gasteiger partial charge on any atom is 0.340 e. The van der Waals surface area contributed by atoms with E-state index in [4.69, 9.17) is 9.15 Å². The van der Waals surface area contributed by atoms with Crippen molar-refractivity contribution < 1.29 is 19.1 Å². The van der Waals surface area contributed by atoms with E-state index in [2.05, 4.69) is 45.0 Å². The lowest BCUT2D eigenvalue weighted by atomic mass is 9.71. The molecule has 6 nitrogen and oxygen atoms in total. The summed E-state index contributed by atoms with van der Waals surface area (Å²) in [6, 6.07) is 13.9. The highest BCUT2D eigenvalue weighted by atomic mass is 16.5. The van der Waals surface area contributed by atoms with Crippen LogP contribution in [0.1, 0.15) is 75.1 Å². The van der Waals surface area contributed by atoms with Gasteiger partial charge >= 0.3 is 5.63 Å². The van der Waals surface area contributed by atoms with Crippen LogP contribution < -0.4 is 10.4 Å². The zero-order chi connectivity index (χ0) is 27.1. The molecule has 1 aromatic heterocycles. The van der Waals surface area contributed by atoms with E-state index in [1.807, 2.05) is 24.0 Å². The first-order valence-electron chi connectivity index (χ1n) is 13.8. The van der Waals surface area contributed by atoms with Gasteiger partial charge in [-0.05, 0) is 60.4 Å². The minimum absolute atomic E-state index is 0.0120. The number of amides is 1. The minimum Gasteiger partial charge on any atom is -0.489 e. The van der Waals surface area contributed by atoms with Gasteiger partial charge in [-0.2, -0.15) is 0 Å². The predicted octanol–water partition coefficient (Wildman–Crippen LogP) is 5.67. The number of carbonyl (C=O) groups is 1. The van der Waals surface area contributed by atoms with Crippen molar-refractivity contribution >= 4 is 16.9 Å². The van der Waals surface area contributed by atoms with Crippen LogP contribution in [0.25, 0.3) is 11.0 Å². The monoisotopic (exact) mass is 517 g/mol. The third kappa shape index (κ3) is 5.37. The molecule has 0 spiro atoms. The Morgan fingerprint density at radius 1 is 1.13 bits per heavy atom. The van der Waals surface area contributed by atoms with Gasteiger partial charge in [-0.15, -0.1) is 0 Å². The maximum absolute atomic E-state index is 13.2. The van der Waals surface area contributed by atoms with Crippen molar-refractivity contribution in [3.8, 4) is 5.75 Å². The van der Waals surface area contributed by atoms with E-state index in [0.717, 1.165) is 42.2 Å². The molecule has 1 amide bonds. The number of nitrogens with zero attached hydrogens (tertiary/aromatic N) is 1. The topological polar surface area (TPSA) is 80.0 Å². The zero-order valence-corrected chi connectivity index (χ0v) is 23.0. The molecule has 1 saturated carbocycles. The summed E-state index contributed by atoms with van der Waals surface area (Å²) in [5.74, 6) is 0.666.